The molecule has 1 atom stereocenters. The number of rotatable bonds is 12. The molecule has 2 N–H and O–H groups in total. The van der Waals surface area contributed by atoms with E-state index in [9.17, 15) is 0 Å². The lowest BCUT2D eigenvalue weighted by molar-refractivity contribution is 0.0203. The average molecular weight is 405 g/mol. The van der Waals surface area contributed by atoms with Gasteiger partial charge in [-0.05, 0) is 51.1 Å². The number of benzene rings is 1. The molecule has 0 aliphatic carbocycles. The van der Waals surface area contributed by atoms with Gasteiger partial charge >= 0.3 is 0 Å². The predicted molar refractivity (Wildman–Crippen MR) is 120 cm³/mol. The molecule has 1 unspecified atom stereocenters. The van der Waals surface area contributed by atoms with Gasteiger partial charge in [-0.1, -0.05) is 30.3 Å². The van der Waals surface area contributed by atoms with Crippen LogP contribution in [0.2, 0.25) is 0 Å². The van der Waals surface area contributed by atoms with Gasteiger partial charge in [-0.25, -0.2) is 0 Å². The molecule has 0 radical (unpaired) electrons. The molecule has 1 fully saturated rings. The summed E-state index contributed by atoms with van der Waals surface area (Å²) < 4.78 is 11.2. The van der Waals surface area contributed by atoms with Gasteiger partial charge in [-0.3, -0.25) is 9.89 Å². The molecule has 29 heavy (non-hydrogen) atoms. The van der Waals surface area contributed by atoms with Crippen LogP contribution in [0.1, 0.15) is 38.2 Å². The Labute approximate surface area is 177 Å². The van der Waals surface area contributed by atoms with Crippen LogP contribution in [0.3, 0.4) is 0 Å². The van der Waals surface area contributed by atoms with Crippen LogP contribution < -0.4 is 10.6 Å². The van der Waals surface area contributed by atoms with Crippen molar-refractivity contribution in [2.45, 2.75) is 45.2 Å². The SMILES string of the molecule is CN=C(NCCCOCC1CCOCC1)NCCC(C)N(C)Cc1ccccc1. The summed E-state index contributed by atoms with van der Waals surface area (Å²) in [6.45, 7) is 8.46. The van der Waals surface area contributed by atoms with Gasteiger partial charge in [0.25, 0.3) is 0 Å². The predicted octanol–water partition coefficient (Wildman–Crippen LogP) is 2.90. The highest BCUT2D eigenvalue weighted by Gasteiger charge is 2.13. The van der Waals surface area contributed by atoms with Crippen LogP contribution in [0.15, 0.2) is 35.3 Å². The first kappa shape index (κ1) is 23.6. The minimum absolute atomic E-state index is 0.499. The Morgan fingerprint density at radius 1 is 1.21 bits per heavy atom. The van der Waals surface area contributed by atoms with E-state index in [1.807, 2.05) is 7.05 Å². The fourth-order valence-electron chi connectivity index (χ4n) is 3.41. The van der Waals surface area contributed by atoms with Crippen LogP contribution in [-0.4, -0.2) is 70.5 Å². The summed E-state index contributed by atoms with van der Waals surface area (Å²) in [5.74, 6) is 1.54. The average Bonchev–Trinajstić information content (AvgIpc) is 2.76. The van der Waals surface area contributed by atoms with Crippen LogP contribution in [-0.2, 0) is 16.0 Å². The zero-order chi connectivity index (χ0) is 20.7. The van der Waals surface area contributed by atoms with E-state index in [1.54, 1.807) is 0 Å². The third kappa shape index (κ3) is 10.1. The lowest BCUT2D eigenvalue weighted by Crippen LogP contribution is -2.40. The molecule has 0 amide bonds. The largest absolute Gasteiger partial charge is 0.381 e. The lowest BCUT2D eigenvalue weighted by Gasteiger charge is -2.25. The smallest absolute Gasteiger partial charge is 0.190 e. The van der Waals surface area contributed by atoms with Crippen LogP contribution >= 0.6 is 0 Å². The van der Waals surface area contributed by atoms with Gasteiger partial charge in [0.15, 0.2) is 5.96 Å². The monoisotopic (exact) mass is 404 g/mol. The van der Waals surface area contributed by atoms with Gasteiger partial charge < -0.3 is 20.1 Å². The number of nitrogens with one attached hydrogen (secondary N) is 2. The van der Waals surface area contributed by atoms with Crippen molar-refractivity contribution in [1.29, 1.82) is 0 Å². The van der Waals surface area contributed by atoms with E-state index >= 15 is 0 Å². The topological polar surface area (TPSA) is 58.1 Å². The summed E-state index contributed by atoms with van der Waals surface area (Å²) >= 11 is 0. The van der Waals surface area contributed by atoms with Crippen LogP contribution in [0.5, 0.6) is 0 Å². The third-order valence-corrected chi connectivity index (χ3v) is 5.56. The minimum Gasteiger partial charge on any atom is -0.381 e. The van der Waals surface area contributed by atoms with Crippen molar-refractivity contribution >= 4 is 5.96 Å². The second kappa shape index (κ2) is 14.4. The molecule has 0 saturated carbocycles. The number of nitrogens with zero attached hydrogens (tertiary/aromatic N) is 2. The molecule has 1 heterocycles. The molecule has 0 spiro atoms. The molecule has 2 rings (SSSR count). The molecular weight excluding hydrogens is 364 g/mol. The van der Waals surface area contributed by atoms with Gasteiger partial charge in [0.05, 0.1) is 0 Å². The minimum atomic E-state index is 0.499. The molecule has 164 valence electrons. The first-order chi connectivity index (χ1) is 14.2. The Morgan fingerprint density at radius 3 is 2.66 bits per heavy atom. The number of guanidine groups is 1. The van der Waals surface area contributed by atoms with E-state index in [0.29, 0.717) is 12.0 Å². The van der Waals surface area contributed by atoms with Crippen molar-refractivity contribution in [2.24, 2.45) is 10.9 Å². The fraction of sp³-hybridized carbons (Fsp3) is 0.696. The van der Waals surface area contributed by atoms with Gasteiger partial charge in [-0.2, -0.15) is 0 Å². The molecule has 1 saturated heterocycles. The van der Waals surface area contributed by atoms with Crippen LogP contribution in [0.4, 0.5) is 0 Å². The highest BCUT2D eigenvalue weighted by Crippen LogP contribution is 2.14. The maximum atomic E-state index is 5.81. The maximum Gasteiger partial charge on any atom is 0.190 e. The number of hydrogen-bond donors (Lipinski definition) is 2. The molecule has 1 aromatic rings. The van der Waals surface area contributed by atoms with E-state index in [0.717, 1.165) is 77.7 Å². The Hall–Kier alpha value is -1.63. The van der Waals surface area contributed by atoms with Crippen molar-refractivity contribution in [2.75, 3.05) is 53.6 Å². The number of aliphatic imine (C=N–C) groups is 1. The second-order valence-electron chi connectivity index (χ2n) is 7.95. The summed E-state index contributed by atoms with van der Waals surface area (Å²) in [5.41, 5.74) is 1.35. The number of ether oxygens (including phenoxy) is 2. The molecule has 0 bridgehead atoms. The first-order valence-corrected chi connectivity index (χ1v) is 11.0. The number of hydrogen-bond acceptors (Lipinski definition) is 4. The van der Waals surface area contributed by atoms with Gasteiger partial charge in [0.2, 0.25) is 0 Å². The molecule has 6 heteroatoms. The van der Waals surface area contributed by atoms with Crippen molar-refractivity contribution in [3.05, 3.63) is 35.9 Å². The quantitative estimate of drug-likeness (QED) is 0.319. The van der Waals surface area contributed by atoms with Crippen molar-refractivity contribution in [1.82, 2.24) is 15.5 Å². The lowest BCUT2D eigenvalue weighted by atomic mass is 10.0. The third-order valence-electron chi connectivity index (χ3n) is 5.56. The normalized spacial score (nSPS) is 16.8. The Balaban J connectivity index is 1.50. The molecule has 6 nitrogen and oxygen atoms in total. The summed E-state index contributed by atoms with van der Waals surface area (Å²) in [7, 11) is 4.01. The molecule has 1 aliphatic heterocycles. The van der Waals surface area contributed by atoms with Gasteiger partial charge in [-0.15, -0.1) is 0 Å². The van der Waals surface area contributed by atoms with E-state index in [4.69, 9.17) is 9.47 Å². The van der Waals surface area contributed by atoms with E-state index in [2.05, 4.69) is 64.8 Å². The first-order valence-electron chi connectivity index (χ1n) is 11.0. The van der Waals surface area contributed by atoms with Crippen molar-refractivity contribution < 1.29 is 9.47 Å². The second-order valence-corrected chi connectivity index (χ2v) is 7.95. The highest BCUT2D eigenvalue weighted by atomic mass is 16.5. The molecular formula is C23H40N4O2. The molecule has 1 aromatic carbocycles. The summed E-state index contributed by atoms with van der Waals surface area (Å²) in [4.78, 5) is 6.71. The van der Waals surface area contributed by atoms with E-state index in [1.165, 1.54) is 5.56 Å². The van der Waals surface area contributed by atoms with Gasteiger partial charge in [0, 0.05) is 59.2 Å². The van der Waals surface area contributed by atoms with E-state index in [-0.39, 0.29) is 0 Å². The highest BCUT2D eigenvalue weighted by molar-refractivity contribution is 5.79. The van der Waals surface area contributed by atoms with Gasteiger partial charge in [0.1, 0.15) is 0 Å². The zero-order valence-electron chi connectivity index (χ0n) is 18.5. The molecule has 0 aromatic heterocycles. The van der Waals surface area contributed by atoms with Crippen molar-refractivity contribution in [3.63, 3.8) is 0 Å². The standard InChI is InChI=1S/C23H40N4O2/c1-20(27(3)18-21-8-5-4-6-9-21)10-14-26-23(24-2)25-13-7-15-29-19-22-11-16-28-17-12-22/h4-6,8-9,20,22H,7,10-19H2,1-3H3,(H2,24,25,26). The van der Waals surface area contributed by atoms with Crippen LogP contribution in [0.25, 0.3) is 0 Å². The summed E-state index contributed by atoms with van der Waals surface area (Å²) in [6.07, 6.45) is 4.32. The maximum absolute atomic E-state index is 5.81. The van der Waals surface area contributed by atoms with Crippen LogP contribution in [0, 0.1) is 5.92 Å². The Kier molecular flexibility index (Phi) is 11.7. The Bertz CT molecular complexity index is 561. The van der Waals surface area contributed by atoms with E-state index < -0.39 is 0 Å². The summed E-state index contributed by atoms with van der Waals surface area (Å²) in [5, 5.41) is 6.80. The Morgan fingerprint density at radius 2 is 1.93 bits per heavy atom. The zero-order valence-corrected chi connectivity index (χ0v) is 18.5. The molecule has 1 aliphatic rings. The summed E-state index contributed by atoms with van der Waals surface area (Å²) in [6, 6.07) is 11.1. The van der Waals surface area contributed by atoms with Crippen molar-refractivity contribution in [3.8, 4) is 0 Å². The fourth-order valence-corrected chi connectivity index (χ4v) is 3.41.